The Bertz CT molecular complexity index is 960. The Morgan fingerprint density at radius 3 is 2.35 bits per heavy atom. The van der Waals surface area contributed by atoms with Crippen LogP contribution < -0.4 is 24.8 Å². The lowest BCUT2D eigenvalue weighted by Gasteiger charge is -2.15. The molecule has 1 heterocycles. The van der Waals surface area contributed by atoms with Crippen LogP contribution in [0, 0.1) is 0 Å². The summed E-state index contributed by atoms with van der Waals surface area (Å²) in [7, 11) is 4.61. The molecule has 2 N–H and O–H groups in total. The highest BCUT2D eigenvalue weighted by molar-refractivity contribution is 6.04. The number of ether oxygens (including phenoxy) is 3. The number of nitrogens with one attached hydrogen (secondary N) is 2. The van der Waals surface area contributed by atoms with E-state index in [1.165, 1.54) is 14.2 Å². The number of hydrogen-bond acceptors (Lipinski definition) is 6. The van der Waals surface area contributed by atoms with Crippen molar-refractivity contribution in [3.63, 3.8) is 0 Å². The number of anilines is 1. The molecular formula is C22H25N3O6. The highest BCUT2D eigenvalue weighted by atomic mass is 16.5. The van der Waals surface area contributed by atoms with E-state index in [0.717, 1.165) is 10.5 Å². The molecule has 0 radical (unpaired) electrons. The van der Waals surface area contributed by atoms with E-state index in [-0.39, 0.29) is 31.2 Å². The summed E-state index contributed by atoms with van der Waals surface area (Å²) in [6.45, 7) is 0.0968. The molecule has 1 fully saturated rings. The molecule has 2 aromatic rings. The molecule has 9 heteroatoms. The number of rotatable bonds is 9. The summed E-state index contributed by atoms with van der Waals surface area (Å²) in [6, 6.07) is 10.9. The second kappa shape index (κ2) is 9.84. The molecule has 164 valence electrons. The fraction of sp³-hybridized carbons (Fsp3) is 0.318. The second-order valence-electron chi connectivity index (χ2n) is 6.93. The van der Waals surface area contributed by atoms with Crippen LogP contribution in [0.5, 0.6) is 17.2 Å². The number of methoxy groups -OCH3 is 3. The molecule has 9 nitrogen and oxygen atoms in total. The Hall–Kier alpha value is -3.75. The predicted molar refractivity (Wildman–Crippen MR) is 113 cm³/mol. The monoisotopic (exact) mass is 427 g/mol. The third kappa shape index (κ3) is 5.25. The minimum Gasteiger partial charge on any atom is -0.497 e. The van der Waals surface area contributed by atoms with Crippen molar-refractivity contribution >= 4 is 23.5 Å². The highest BCUT2D eigenvalue weighted by Gasteiger charge is 2.37. The maximum absolute atomic E-state index is 12.7. The first-order valence-electron chi connectivity index (χ1n) is 9.72. The molecule has 1 aliphatic rings. The molecule has 0 unspecified atom stereocenters. The molecule has 3 rings (SSSR count). The lowest BCUT2D eigenvalue weighted by atomic mass is 10.1. The molecular weight excluding hydrogens is 402 g/mol. The van der Waals surface area contributed by atoms with Crippen LogP contribution in [0.4, 0.5) is 10.5 Å². The number of carbonyl (C=O) groups is 3. The van der Waals surface area contributed by atoms with Crippen LogP contribution in [0.1, 0.15) is 18.4 Å². The van der Waals surface area contributed by atoms with Crippen molar-refractivity contribution in [2.24, 2.45) is 0 Å². The first kappa shape index (κ1) is 21.9. The number of benzene rings is 2. The largest absolute Gasteiger partial charge is 0.497 e. The summed E-state index contributed by atoms with van der Waals surface area (Å²) >= 11 is 0. The van der Waals surface area contributed by atoms with Gasteiger partial charge in [0.25, 0.3) is 5.91 Å². The van der Waals surface area contributed by atoms with Gasteiger partial charge in [-0.15, -0.1) is 0 Å². The fourth-order valence-corrected chi connectivity index (χ4v) is 3.26. The van der Waals surface area contributed by atoms with Gasteiger partial charge in [0.1, 0.15) is 11.8 Å². The van der Waals surface area contributed by atoms with Gasteiger partial charge in [-0.2, -0.15) is 0 Å². The molecule has 1 aliphatic heterocycles. The van der Waals surface area contributed by atoms with E-state index in [9.17, 15) is 14.4 Å². The number of urea groups is 1. The highest BCUT2D eigenvalue weighted by Crippen LogP contribution is 2.28. The zero-order valence-corrected chi connectivity index (χ0v) is 17.6. The van der Waals surface area contributed by atoms with Crippen molar-refractivity contribution < 1.29 is 28.6 Å². The van der Waals surface area contributed by atoms with Gasteiger partial charge in [0.05, 0.1) is 27.9 Å². The van der Waals surface area contributed by atoms with E-state index in [4.69, 9.17) is 14.2 Å². The lowest BCUT2D eigenvalue weighted by molar-refractivity contribution is -0.128. The normalized spacial score (nSPS) is 15.5. The summed E-state index contributed by atoms with van der Waals surface area (Å²) < 4.78 is 15.5. The zero-order chi connectivity index (χ0) is 22.4. The van der Waals surface area contributed by atoms with E-state index >= 15 is 0 Å². The maximum atomic E-state index is 12.7. The Kier molecular flexibility index (Phi) is 6.96. The van der Waals surface area contributed by atoms with Gasteiger partial charge in [-0.1, -0.05) is 6.07 Å². The lowest BCUT2D eigenvalue weighted by Crippen LogP contribution is -2.31. The average Bonchev–Trinajstić information content (AvgIpc) is 3.05. The minimum atomic E-state index is -0.741. The average molecular weight is 427 g/mol. The number of hydrogen-bond donors (Lipinski definition) is 2. The molecule has 2 aromatic carbocycles. The molecule has 1 atom stereocenters. The second-order valence-corrected chi connectivity index (χ2v) is 6.93. The Morgan fingerprint density at radius 2 is 1.71 bits per heavy atom. The third-order valence-corrected chi connectivity index (χ3v) is 4.93. The number of nitrogens with zero attached hydrogens (tertiary/aromatic N) is 1. The SMILES string of the molecule is COc1ccc(NC(=O)CC[C@H]2NC(=O)N(Cc3ccc(OC)c(OC)c3)C2=O)cc1. The van der Waals surface area contributed by atoms with Crippen molar-refractivity contribution in [2.75, 3.05) is 26.6 Å². The summed E-state index contributed by atoms with van der Waals surface area (Å²) in [5.41, 5.74) is 1.35. The van der Waals surface area contributed by atoms with Crippen LogP contribution in [0.25, 0.3) is 0 Å². The van der Waals surface area contributed by atoms with E-state index in [1.54, 1.807) is 49.6 Å². The number of carbonyl (C=O) groups excluding carboxylic acids is 3. The Morgan fingerprint density at radius 1 is 1.00 bits per heavy atom. The molecule has 31 heavy (non-hydrogen) atoms. The summed E-state index contributed by atoms with van der Waals surface area (Å²) in [5, 5.41) is 5.40. The van der Waals surface area contributed by atoms with Crippen molar-refractivity contribution in [3.05, 3.63) is 48.0 Å². The first-order valence-corrected chi connectivity index (χ1v) is 9.72. The van der Waals surface area contributed by atoms with Crippen molar-refractivity contribution in [1.29, 1.82) is 0 Å². The summed E-state index contributed by atoms with van der Waals surface area (Å²) in [4.78, 5) is 38.3. The molecule has 1 saturated heterocycles. The van der Waals surface area contributed by atoms with Gasteiger partial charge in [0.15, 0.2) is 11.5 Å². The summed E-state index contributed by atoms with van der Waals surface area (Å²) in [5.74, 6) is 1.15. The van der Waals surface area contributed by atoms with Crippen LogP contribution >= 0.6 is 0 Å². The van der Waals surface area contributed by atoms with E-state index in [1.807, 2.05) is 0 Å². The smallest absolute Gasteiger partial charge is 0.325 e. The molecule has 0 spiro atoms. The topological polar surface area (TPSA) is 106 Å². The van der Waals surface area contributed by atoms with Crippen molar-refractivity contribution in [1.82, 2.24) is 10.2 Å². The van der Waals surface area contributed by atoms with E-state index < -0.39 is 12.1 Å². The quantitative estimate of drug-likeness (QED) is 0.596. The molecule has 4 amide bonds. The van der Waals surface area contributed by atoms with Crippen LogP contribution in [0.2, 0.25) is 0 Å². The summed E-state index contributed by atoms with van der Waals surface area (Å²) in [6.07, 6.45) is 0.294. The van der Waals surface area contributed by atoms with Gasteiger partial charge in [-0.05, 0) is 48.4 Å². The maximum Gasteiger partial charge on any atom is 0.325 e. The Labute approximate surface area is 180 Å². The van der Waals surface area contributed by atoms with Crippen LogP contribution in [0.15, 0.2) is 42.5 Å². The predicted octanol–water partition coefficient (Wildman–Crippen LogP) is 2.55. The number of amides is 4. The molecule has 0 bridgehead atoms. The van der Waals surface area contributed by atoms with Crippen molar-refractivity contribution in [2.45, 2.75) is 25.4 Å². The molecule has 0 saturated carbocycles. The fourth-order valence-electron chi connectivity index (χ4n) is 3.26. The van der Waals surface area contributed by atoms with Gasteiger partial charge in [-0.25, -0.2) is 4.79 Å². The van der Waals surface area contributed by atoms with Gasteiger partial charge in [-0.3, -0.25) is 14.5 Å². The van der Waals surface area contributed by atoms with Gasteiger partial charge in [0, 0.05) is 12.1 Å². The third-order valence-electron chi connectivity index (χ3n) is 4.93. The first-order chi connectivity index (χ1) is 14.9. The zero-order valence-electron chi connectivity index (χ0n) is 17.6. The van der Waals surface area contributed by atoms with E-state index in [0.29, 0.717) is 22.9 Å². The minimum absolute atomic E-state index is 0.0902. The molecule has 0 aromatic heterocycles. The number of imide groups is 1. The van der Waals surface area contributed by atoms with E-state index in [2.05, 4.69) is 10.6 Å². The Balaban J connectivity index is 1.55. The van der Waals surface area contributed by atoms with Gasteiger partial charge >= 0.3 is 6.03 Å². The van der Waals surface area contributed by atoms with Crippen LogP contribution in [-0.2, 0) is 16.1 Å². The molecule has 0 aliphatic carbocycles. The van der Waals surface area contributed by atoms with Crippen LogP contribution in [0.3, 0.4) is 0 Å². The van der Waals surface area contributed by atoms with Crippen molar-refractivity contribution in [3.8, 4) is 17.2 Å². The van der Waals surface area contributed by atoms with Crippen LogP contribution in [-0.4, -0.2) is 50.1 Å². The van der Waals surface area contributed by atoms with Gasteiger partial charge < -0.3 is 24.8 Å². The van der Waals surface area contributed by atoms with Gasteiger partial charge in [0.2, 0.25) is 5.91 Å². The standard InChI is InChI=1S/C22H25N3O6/c1-29-16-7-5-15(6-8-16)23-20(26)11-9-17-21(27)25(22(28)24-17)13-14-4-10-18(30-2)19(12-14)31-3/h4-8,10,12,17H,9,11,13H2,1-3H3,(H,23,26)(H,24,28)/t17-/m1/s1.